The average molecular weight is 277 g/mol. The minimum Gasteiger partial charge on any atom is -0.381 e. The fraction of sp³-hybridized carbons (Fsp3) is 0.733. The second kappa shape index (κ2) is 7.11. The number of rotatable bonds is 4. The van der Waals surface area contributed by atoms with Crippen molar-refractivity contribution in [3.63, 3.8) is 0 Å². The molecule has 2 fully saturated rings. The molecule has 2 aliphatic rings. The van der Waals surface area contributed by atoms with Crippen LogP contribution in [0.5, 0.6) is 0 Å². The summed E-state index contributed by atoms with van der Waals surface area (Å²) in [4.78, 5) is 10.8. The molecule has 3 heterocycles. The number of nitrogens with zero attached hydrogens (tertiary/aromatic N) is 3. The zero-order chi connectivity index (χ0) is 13.6. The lowest BCUT2D eigenvalue weighted by Crippen LogP contribution is -2.49. The summed E-state index contributed by atoms with van der Waals surface area (Å²) in [5, 5.41) is 0. The first kappa shape index (κ1) is 13.9. The highest BCUT2D eigenvalue weighted by Gasteiger charge is 2.27. The molecule has 20 heavy (non-hydrogen) atoms. The lowest BCUT2D eigenvalue weighted by molar-refractivity contribution is -0.0639. The Labute approximate surface area is 120 Å². The fourth-order valence-corrected chi connectivity index (χ4v) is 3.07. The maximum absolute atomic E-state index is 5.90. The fourth-order valence-electron chi connectivity index (χ4n) is 3.07. The van der Waals surface area contributed by atoms with Gasteiger partial charge in [-0.3, -0.25) is 4.90 Å². The van der Waals surface area contributed by atoms with Gasteiger partial charge in [-0.2, -0.15) is 0 Å². The lowest BCUT2D eigenvalue weighted by atomic mass is 10.0. The molecule has 5 heteroatoms. The summed E-state index contributed by atoms with van der Waals surface area (Å²) in [5.74, 6) is 0. The Hall–Kier alpha value is -1.04. The van der Waals surface area contributed by atoms with Gasteiger partial charge >= 0.3 is 0 Å². The van der Waals surface area contributed by atoms with Crippen LogP contribution in [0.3, 0.4) is 0 Å². The number of aryl methyl sites for hydroxylation is 1. The van der Waals surface area contributed by atoms with Gasteiger partial charge in [0.1, 0.15) is 6.33 Å². The maximum Gasteiger partial charge on any atom is 0.115 e. The zero-order valence-corrected chi connectivity index (χ0v) is 11.9. The van der Waals surface area contributed by atoms with Crippen LogP contribution in [0.4, 0.5) is 0 Å². The Morgan fingerprint density at radius 3 is 2.95 bits per heavy atom. The van der Waals surface area contributed by atoms with Gasteiger partial charge < -0.3 is 9.47 Å². The van der Waals surface area contributed by atoms with Crippen LogP contribution in [0.1, 0.15) is 25.0 Å². The van der Waals surface area contributed by atoms with E-state index < -0.39 is 0 Å². The van der Waals surface area contributed by atoms with Gasteiger partial charge in [0.25, 0.3) is 0 Å². The van der Waals surface area contributed by atoms with E-state index in [1.165, 1.54) is 12.8 Å². The second-order valence-corrected chi connectivity index (χ2v) is 5.57. The van der Waals surface area contributed by atoms with E-state index in [-0.39, 0.29) is 0 Å². The van der Waals surface area contributed by atoms with Crippen molar-refractivity contribution < 1.29 is 9.47 Å². The highest BCUT2D eigenvalue weighted by atomic mass is 16.5. The third kappa shape index (κ3) is 3.75. The van der Waals surface area contributed by atoms with Crippen molar-refractivity contribution in [1.29, 1.82) is 0 Å². The van der Waals surface area contributed by atoms with Crippen LogP contribution in [0.25, 0.3) is 0 Å². The van der Waals surface area contributed by atoms with Gasteiger partial charge in [-0.25, -0.2) is 9.97 Å². The molecular formula is C15H23N3O2. The van der Waals surface area contributed by atoms with Crippen LogP contribution < -0.4 is 0 Å². The average Bonchev–Trinajstić information content (AvgIpc) is 2.55. The summed E-state index contributed by atoms with van der Waals surface area (Å²) in [6, 6.07) is 2.67. The third-order valence-corrected chi connectivity index (χ3v) is 4.24. The first-order valence-electron chi connectivity index (χ1n) is 7.60. The van der Waals surface area contributed by atoms with E-state index in [0.29, 0.717) is 12.1 Å². The minimum absolute atomic E-state index is 0.335. The molecule has 0 aliphatic carbocycles. The molecule has 1 aromatic rings. The standard InChI is InChI=1S/C15H23N3O2/c1(13-3-6-16-12-17-13)2-15-11-18(7-10-20-15)14-4-8-19-9-5-14/h3,6,12,14-15H,1-2,4-5,7-11H2. The molecule has 2 saturated heterocycles. The number of morpholine rings is 1. The van der Waals surface area contributed by atoms with Crippen LogP contribution >= 0.6 is 0 Å². The lowest BCUT2D eigenvalue weighted by Gasteiger charge is -2.39. The van der Waals surface area contributed by atoms with Crippen molar-refractivity contribution in [3.8, 4) is 0 Å². The molecule has 0 amide bonds. The highest BCUT2D eigenvalue weighted by Crippen LogP contribution is 2.19. The molecule has 0 bridgehead atoms. The van der Waals surface area contributed by atoms with Crippen molar-refractivity contribution in [2.45, 2.75) is 37.8 Å². The molecule has 0 spiro atoms. The van der Waals surface area contributed by atoms with Crippen molar-refractivity contribution in [1.82, 2.24) is 14.9 Å². The van der Waals surface area contributed by atoms with Gasteiger partial charge in [-0.15, -0.1) is 0 Å². The first-order chi connectivity index (χ1) is 9.92. The zero-order valence-electron chi connectivity index (χ0n) is 11.9. The van der Waals surface area contributed by atoms with Gasteiger partial charge in [0.15, 0.2) is 0 Å². The summed E-state index contributed by atoms with van der Waals surface area (Å²) < 4.78 is 11.4. The monoisotopic (exact) mass is 277 g/mol. The summed E-state index contributed by atoms with van der Waals surface area (Å²) in [7, 11) is 0. The van der Waals surface area contributed by atoms with E-state index in [0.717, 1.165) is 51.4 Å². The highest BCUT2D eigenvalue weighted by molar-refractivity contribution is 4.98. The molecule has 1 atom stereocenters. The quantitative estimate of drug-likeness (QED) is 0.830. The molecule has 0 aromatic carbocycles. The SMILES string of the molecule is c1cc(CCC2CN(C3CCOCC3)CCO2)ncn1. The van der Waals surface area contributed by atoms with E-state index >= 15 is 0 Å². The number of hydrogen-bond acceptors (Lipinski definition) is 5. The van der Waals surface area contributed by atoms with Gasteiger partial charge in [0, 0.05) is 44.2 Å². The van der Waals surface area contributed by atoms with Gasteiger partial charge in [0.2, 0.25) is 0 Å². The molecule has 2 aliphatic heterocycles. The van der Waals surface area contributed by atoms with E-state index in [1.807, 2.05) is 6.07 Å². The van der Waals surface area contributed by atoms with Crippen molar-refractivity contribution in [2.75, 3.05) is 32.9 Å². The summed E-state index contributed by atoms with van der Waals surface area (Å²) in [5.41, 5.74) is 1.10. The topological polar surface area (TPSA) is 47.5 Å². The van der Waals surface area contributed by atoms with Crippen molar-refractivity contribution in [2.24, 2.45) is 0 Å². The minimum atomic E-state index is 0.335. The smallest absolute Gasteiger partial charge is 0.115 e. The number of ether oxygens (including phenoxy) is 2. The molecule has 5 nitrogen and oxygen atoms in total. The molecule has 3 rings (SSSR count). The van der Waals surface area contributed by atoms with E-state index in [1.54, 1.807) is 12.5 Å². The van der Waals surface area contributed by atoms with Crippen LogP contribution in [-0.2, 0) is 15.9 Å². The Bertz CT molecular complexity index is 395. The molecule has 0 radical (unpaired) electrons. The maximum atomic E-state index is 5.90. The number of aromatic nitrogens is 2. The second-order valence-electron chi connectivity index (χ2n) is 5.57. The number of hydrogen-bond donors (Lipinski definition) is 0. The van der Waals surface area contributed by atoms with Crippen molar-refractivity contribution >= 4 is 0 Å². The Morgan fingerprint density at radius 2 is 2.15 bits per heavy atom. The predicted molar refractivity (Wildman–Crippen MR) is 75.5 cm³/mol. The molecule has 1 unspecified atom stereocenters. The Kier molecular flexibility index (Phi) is 4.95. The first-order valence-corrected chi connectivity index (χ1v) is 7.60. The van der Waals surface area contributed by atoms with Gasteiger partial charge in [-0.05, 0) is 31.7 Å². The molecule has 0 N–H and O–H groups in total. The summed E-state index contributed by atoms with van der Waals surface area (Å²) >= 11 is 0. The van der Waals surface area contributed by atoms with Crippen LogP contribution in [-0.4, -0.2) is 59.9 Å². The Balaban J connectivity index is 1.47. The third-order valence-electron chi connectivity index (χ3n) is 4.24. The normalized spacial score (nSPS) is 25.7. The molecule has 0 saturated carbocycles. The summed E-state index contributed by atoms with van der Waals surface area (Å²) in [6.45, 7) is 4.79. The largest absolute Gasteiger partial charge is 0.381 e. The van der Waals surface area contributed by atoms with E-state index in [4.69, 9.17) is 9.47 Å². The van der Waals surface area contributed by atoms with Crippen LogP contribution in [0.15, 0.2) is 18.6 Å². The predicted octanol–water partition coefficient (Wildman–Crippen LogP) is 1.29. The van der Waals surface area contributed by atoms with Gasteiger partial charge in [-0.1, -0.05) is 0 Å². The van der Waals surface area contributed by atoms with Crippen LogP contribution in [0, 0.1) is 0 Å². The molecular weight excluding hydrogens is 254 g/mol. The van der Waals surface area contributed by atoms with Crippen LogP contribution in [0.2, 0.25) is 0 Å². The van der Waals surface area contributed by atoms with Gasteiger partial charge in [0.05, 0.1) is 12.7 Å². The Morgan fingerprint density at radius 1 is 1.25 bits per heavy atom. The van der Waals surface area contributed by atoms with Crippen molar-refractivity contribution in [3.05, 3.63) is 24.3 Å². The van der Waals surface area contributed by atoms with E-state index in [9.17, 15) is 0 Å². The molecule has 1 aromatic heterocycles. The molecule has 110 valence electrons. The van der Waals surface area contributed by atoms with E-state index in [2.05, 4.69) is 14.9 Å². The summed E-state index contributed by atoms with van der Waals surface area (Å²) in [6.07, 6.45) is 8.09.